The topological polar surface area (TPSA) is 76.3 Å². The number of fused-ring (bicyclic) bond motifs is 1. The first-order chi connectivity index (χ1) is 15.7. The van der Waals surface area contributed by atoms with E-state index in [2.05, 4.69) is 10.2 Å². The van der Waals surface area contributed by atoms with Crippen molar-refractivity contribution in [2.45, 2.75) is 17.9 Å². The van der Waals surface area contributed by atoms with E-state index in [9.17, 15) is 26.0 Å². The SMILES string of the molecule is O=S1(=O)c2cc(-c3nnc(C(F)F)o3)ccc2CN1c1ccccc1-c1cc(F)cc(F)c1. The number of aromatic nitrogens is 2. The van der Waals surface area contributed by atoms with Crippen molar-refractivity contribution in [1.82, 2.24) is 10.2 Å². The minimum atomic E-state index is -4.08. The highest BCUT2D eigenvalue weighted by Crippen LogP contribution is 2.41. The third-order valence-electron chi connectivity index (χ3n) is 5.17. The molecular formula is C22H13F4N3O3S. The van der Waals surface area contributed by atoms with E-state index >= 15 is 0 Å². The Bertz CT molecular complexity index is 1470. The predicted octanol–water partition coefficient (Wildman–Crippen LogP) is 5.33. The van der Waals surface area contributed by atoms with E-state index in [0.717, 1.165) is 22.5 Å². The van der Waals surface area contributed by atoms with Gasteiger partial charge in [-0.15, -0.1) is 10.2 Å². The molecular weight excluding hydrogens is 462 g/mol. The summed E-state index contributed by atoms with van der Waals surface area (Å²) in [4.78, 5) is -0.0583. The normalized spacial score (nSPS) is 14.6. The number of hydrogen-bond donors (Lipinski definition) is 0. The second-order valence-corrected chi connectivity index (χ2v) is 9.09. The number of benzene rings is 3. The fourth-order valence-electron chi connectivity index (χ4n) is 3.72. The van der Waals surface area contributed by atoms with Crippen molar-refractivity contribution in [2.24, 2.45) is 0 Å². The van der Waals surface area contributed by atoms with Gasteiger partial charge in [-0.3, -0.25) is 4.31 Å². The summed E-state index contributed by atoms with van der Waals surface area (Å²) in [7, 11) is -4.08. The first kappa shape index (κ1) is 21.1. The Morgan fingerprint density at radius 3 is 2.33 bits per heavy atom. The molecule has 4 aromatic rings. The summed E-state index contributed by atoms with van der Waals surface area (Å²) in [5.41, 5.74) is 1.36. The van der Waals surface area contributed by atoms with Crippen LogP contribution in [0.2, 0.25) is 0 Å². The lowest BCUT2D eigenvalue weighted by molar-refractivity contribution is 0.116. The van der Waals surface area contributed by atoms with E-state index in [1.54, 1.807) is 18.2 Å². The lowest BCUT2D eigenvalue weighted by Crippen LogP contribution is -2.24. The van der Waals surface area contributed by atoms with Crippen molar-refractivity contribution in [3.8, 4) is 22.6 Å². The molecule has 0 aliphatic carbocycles. The van der Waals surface area contributed by atoms with Crippen LogP contribution in [0.15, 0.2) is 70.0 Å². The fourth-order valence-corrected chi connectivity index (χ4v) is 5.42. The van der Waals surface area contributed by atoms with Crippen molar-refractivity contribution >= 4 is 15.7 Å². The molecule has 0 radical (unpaired) electrons. The number of alkyl halides is 2. The molecule has 33 heavy (non-hydrogen) atoms. The van der Waals surface area contributed by atoms with Gasteiger partial charge in [0.2, 0.25) is 5.89 Å². The molecule has 0 saturated heterocycles. The van der Waals surface area contributed by atoms with Crippen LogP contribution in [0.25, 0.3) is 22.6 Å². The largest absolute Gasteiger partial charge is 0.415 e. The Labute approximate surface area is 185 Å². The molecule has 5 rings (SSSR count). The van der Waals surface area contributed by atoms with Gasteiger partial charge in [-0.25, -0.2) is 17.2 Å². The summed E-state index contributed by atoms with van der Waals surface area (Å²) >= 11 is 0. The standard InChI is InChI=1S/C22H13F4N3O3S/c23-15-7-14(8-16(24)10-15)17-3-1-2-4-18(17)29-11-13-6-5-12(9-19(13)33(29,30)31)21-27-28-22(32-21)20(25)26/h1-10,20H,11H2. The fraction of sp³-hybridized carbons (Fsp3) is 0.0909. The summed E-state index contributed by atoms with van der Waals surface area (Å²) in [6.45, 7) is -0.0289. The highest BCUT2D eigenvalue weighted by atomic mass is 32.2. The van der Waals surface area contributed by atoms with Crippen LogP contribution >= 0.6 is 0 Å². The van der Waals surface area contributed by atoms with Crippen molar-refractivity contribution in [3.05, 3.63) is 83.8 Å². The first-order valence-electron chi connectivity index (χ1n) is 9.57. The molecule has 0 fully saturated rings. The molecule has 1 aromatic heterocycles. The van der Waals surface area contributed by atoms with Gasteiger partial charge in [0.25, 0.3) is 15.9 Å². The Kier molecular flexibility index (Phi) is 4.93. The van der Waals surface area contributed by atoms with Gasteiger partial charge in [0.1, 0.15) is 11.6 Å². The zero-order chi connectivity index (χ0) is 23.3. The monoisotopic (exact) mass is 475 g/mol. The van der Waals surface area contributed by atoms with Gasteiger partial charge in [-0.1, -0.05) is 24.3 Å². The van der Waals surface area contributed by atoms with E-state index in [4.69, 9.17) is 4.42 Å². The number of halogens is 4. The van der Waals surface area contributed by atoms with Gasteiger partial charge >= 0.3 is 6.43 Å². The smallest absolute Gasteiger partial charge is 0.314 e. The van der Waals surface area contributed by atoms with E-state index in [0.29, 0.717) is 11.1 Å². The lowest BCUT2D eigenvalue weighted by atomic mass is 10.0. The number of hydrogen-bond acceptors (Lipinski definition) is 5. The van der Waals surface area contributed by atoms with Crippen LogP contribution < -0.4 is 4.31 Å². The quantitative estimate of drug-likeness (QED) is 0.373. The average Bonchev–Trinajstić information content (AvgIpc) is 3.36. The highest BCUT2D eigenvalue weighted by Gasteiger charge is 2.36. The van der Waals surface area contributed by atoms with Crippen LogP contribution in [0.4, 0.5) is 23.2 Å². The summed E-state index contributed by atoms with van der Waals surface area (Å²) in [5.74, 6) is -2.69. The number of anilines is 1. The number of para-hydroxylation sites is 1. The van der Waals surface area contributed by atoms with Crippen molar-refractivity contribution in [1.29, 1.82) is 0 Å². The van der Waals surface area contributed by atoms with E-state index in [1.807, 2.05) is 0 Å². The molecule has 0 unspecified atom stereocenters. The molecule has 6 nitrogen and oxygen atoms in total. The zero-order valence-electron chi connectivity index (χ0n) is 16.5. The van der Waals surface area contributed by atoms with Gasteiger partial charge in [-0.2, -0.15) is 8.78 Å². The van der Waals surface area contributed by atoms with Crippen LogP contribution in [0, 0.1) is 11.6 Å². The Morgan fingerprint density at radius 1 is 0.909 bits per heavy atom. The van der Waals surface area contributed by atoms with Gasteiger partial charge in [-0.05, 0) is 41.5 Å². The van der Waals surface area contributed by atoms with E-state index < -0.39 is 34.0 Å². The van der Waals surface area contributed by atoms with Gasteiger partial charge in [0, 0.05) is 17.2 Å². The van der Waals surface area contributed by atoms with Crippen LogP contribution in [-0.2, 0) is 16.6 Å². The highest BCUT2D eigenvalue weighted by molar-refractivity contribution is 7.93. The van der Waals surface area contributed by atoms with Gasteiger partial charge < -0.3 is 4.42 Å². The molecule has 0 spiro atoms. The summed E-state index contributed by atoms with van der Waals surface area (Å²) < 4.78 is 86.0. The second-order valence-electron chi connectivity index (χ2n) is 7.26. The Hall–Kier alpha value is -3.73. The maximum atomic E-state index is 13.8. The molecule has 1 aliphatic rings. The number of nitrogens with zero attached hydrogens (tertiary/aromatic N) is 3. The van der Waals surface area contributed by atoms with Crippen LogP contribution in [0.1, 0.15) is 17.9 Å². The minimum absolute atomic E-state index is 0.0289. The molecule has 0 amide bonds. The van der Waals surface area contributed by atoms with Gasteiger partial charge in [0.15, 0.2) is 0 Å². The van der Waals surface area contributed by atoms with Crippen LogP contribution in [0.3, 0.4) is 0 Å². The maximum absolute atomic E-state index is 13.8. The molecule has 2 heterocycles. The zero-order valence-corrected chi connectivity index (χ0v) is 17.4. The minimum Gasteiger partial charge on any atom is -0.415 e. The molecule has 0 saturated carbocycles. The van der Waals surface area contributed by atoms with E-state index in [1.165, 1.54) is 24.3 Å². The Balaban J connectivity index is 1.58. The van der Waals surface area contributed by atoms with Crippen molar-refractivity contribution in [2.75, 3.05) is 4.31 Å². The third-order valence-corrected chi connectivity index (χ3v) is 7.01. The summed E-state index contributed by atoms with van der Waals surface area (Å²) in [6, 6.07) is 13.6. The average molecular weight is 475 g/mol. The summed E-state index contributed by atoms with van der Waals surface area (Å²) in [6.07, 6.45) is -2.95. The Morgan fingerprint density at radius 2 is 1.64 bits per heavy atom. The molecule has 0 N–H and O–H groups in total. The predicted molar refractivity (Wildman–Crippen MR) is 110 cm³/mol. The first-order valence-corrected chi connectivity index (χ1v) is 11.0. The van der Waals surface area contributed by atoms with E-state index in [-0.39, 0.29) is 34.1 Å². The third kappa shape index (κ3) is 3.63. The lowest BCUT2D eigenvalue weighted by Gasteiger charge is -2.21. The van der Waals surface area contributed by atoms with Crippen molar-refractivity contribution in [3.63, 3.8) is 0 Å². The molecule has 3 aromatic carbocycles. The van der Waals surface area contributed by atoms with Crippen LogP contribution in [-0.4, -0.2) is 18.6 Å². The number of sulfonamides is 1. The summed E-state index contributed by atoms with van der Waals surface area (Å²) in [5, 5.41) is 6.81. The molecule has 1 aliphatic heterocycles. The maximum Gasteiger partial charge on any atom is 0.314 e. The molecule has 0 bridgehead atoms. The van der Waals surface area contributed by atoms with Gasteiger partial charge in [0.05, 0.1) is 17.1 Å². The molecule has 168 valence electrons. The molecule has 11 heteroatoms. The number of rotatable bonds is 4. The van der Waals surface area contributed by atoms with Crippen molar-refractivity contribution < 1.29 is 30.4 Å². The molecule has 0 atom stereocenters. The van der Waals surface area contributed by atoms with Crippen LogP contribution in [0.5, 0.6) is 0 Å². The second kappa shape index (κ2) is 7.69.